The molecule has 2 aromatic carbocycles. The maximum atomic E-state index is 2.36. The van der Waals surface area contributed by atoms with Gasteiger partial charge in [-0.15, -0.1) is 0 Å². The second kappa shape index (κ2) is 4.50. The van der Waals surface area contributed by atoms with Crippen LogP contribution in [0.5, 0.6) is 0 Å². The van der Waals surface area contributed by atoms with Crippen LogP contribution in [0.15, 0.2) is 54.6 Å². The molecule has 2 heteroatoms. The van der Waals surface area contributed by atoms with Crippen molar-refractivity contribution in [3.8, 4) is 11.1 Å². The molecule has 0 amide bonds. The third-order valence-corrected chi connectivity index (χ3v) is 7.59. The van der Waals surface area contributed by atoms with Crippen molar-refractivity contribution in [3.63, 3.8) is 0 Å². The molecular weight excluding hydrogens is 230 g/mol. The minimum absolute atomic E-state index is 0.142. The third-order valence-electron chi connectivity index (χ3n) is 2.75. The predicted molar refractivity (Wildman–Crippen MR) is 76.3 cm³/mol. The first kappa shape index (κ1) is 10.2. The quantitative estimate of drug-likeness (QED) is 0.694. The monoisotopic (exact) mass is 242 g/mol. The molecule has 0 nitrogen and oxygen atoms in total. The number of hydrogen-bond acceptors (Lipinski definition) is 0. The minimum Gasteiger partial charge on any atom is -0.0748 e. The Morgan fingerprint density at radius 2 is 1.44 bits per heavy atom. The Balaban J connectivity index is 1.90. The van der Waals surface area contributed by atoms with Crippen LogP contribution in [0.25, 0.3) is 11.1 Å². The fraction of sp³-hybridized carbons (Fsp3) is 0.0714. The summed E-state index contributed by atoms with van der Waals surface area (Å²) in [6.45, 7) is 0. The zero-order valence-electron chi connectivity index (χ0n) is 8.88. The van der Waals surface area contributed by atoms with Crippen molar-refractivity contribution in [1.82, 2.24) is 0 Å². The summed E-state index contributed by atoms with van der Waals surface area (Å²) in [7, 11) is 1.69. The molecule has 0 spiro atoms. The summed E-state index contributed by atoms with van der Waals surface area (Å²) in [4.78, 5) is 0. The van der Waals surface area contributed by atoms with E-state index in [1.807, 2.05) is 0 Å². The van der Waals surface area contributed by atoms with Gasteiger partial charge in [0.05, 0.1) is 0 Å². The van der Waals surface area contributed by atoms with Crippen molar-refractivity contribution in [1.29, 1.82) is 0 Å². The highest BCUT2D eigenvalue weighted by Gasteiger charge is 2.12. The van der Waals surface area contributed by atoms with Crippen LogP contribution in [0, 0.1) is 0 Å². The zero-order valence-corrected chi connectivity index (χ0v) is 10.7. The van der Waals surface area contributed by atoms with Crippen molar-refractivity contribution >= 4 is 26.6 Å². The highest BCUT2D eigenvalue weighted by Crippen LogP contribution is 2.54. The highest BCUT2D eigenvalue weighted by atomic mass is 32.0. The van der Waals surface area contributed by atoms with Crippen molar-refractivity contribution < 1.29 is 0 Å². The summed E-state index contributed by atoms with van der Waals surface area (Å²) >= 11 is 0. The molecule has 1 atom stereocenters. The molecule has 78 valence electrons. The number of benzene rings is 2. The maximum Gasteiger partial charge on any atom is 0.00187 e. The first-order valence-electron chi connectivity index (χ1n) is 5.39. The van der Waals surface area contributed by atoms with E-state index >= 15 is 0 Å². The van der Waals surface area contributed by atoms with E-state index in [1.165, 1.54) is 17.3 Å². The Kier molecular flexibility index (Phi) is 2.87. The molecule has 0 saturated heterocycles. The SMILES string of the molecule is C1=PP(c2ccc(-c3ccccc3)cc2)C1. The summed E-state index contributed by atoms with van der Waals surface area (Å²) in [5.74, 6) is 2.36. The van der Waals surface area contributed by atoms with Crippen LogP contribution in [0.4, 0.5) is 0 Å². The van der Waals surface area contributed by atoms with Gasteiger partial charge in [-0.2, -0.15) is 0 Å². The first-order chi connectivity index (χ1) is 7.93. The van der Waals surface area contributed by atoms with Gasteiger partial charge in [0.1, 0.15) is 0 Å². The lowest BCUT2D eigenvalue weighted by atomic mass is 10.1. The van der Waals surface area contributed by atoms with Crippen LogP contribution in [-0.2, 0) is 0 Å². The van der Waals surface area contributed by atoms with Gasteiger partial charge in [-0.3, -0.25) is 0 Å². The van der Waals surface area contributed by atoms with Crippen LogP contribution in [0.3, 0.4) is 0 Å². The van der Waals surface area contributed by atoms with Gasteiger partial charge in [-0.25, -0.2) is 0 Å². The number of hydrogen-bond donors (Lipinski definition) is 0. The second-order valence-electron chi connectivity index (χ2n) is 3.79. The van der Waals surface area contributed by atoms with Gasteiger partial charge in [-0.1, -0.05) is 68.3 Å². The van der Waals surface area contributed by atoms with Gasteiger partial charge in [0.2, 0.25) is 0 Å². The third kappa shape index (κ3) is 1.96. The van der Waals surface area contributed by atoms with E-state index in [2.05, 4.69) is 60.4 Å². The Morgan fingerprint density at radius 3 is 2.00 bits per heavy atom. The fourth-order valence-corrected chi connectivity index (χ4v) is 4.74. The molecule has 1 aliphatic rings. The van der Waals surface area contributed by atoms with E-state index in [0.29, 0.717) is 0 Å². The molecule has 3 rings (SSSR count). The second-order valence-corrected chi connectivity index (χ2v) is 8.21. The molecule has 0 bridgehead atoms. The van der Waals surface area contributed by atoms with Crippen LogP contribution < -0.4 is 5.30 Å². The average molecular weight is 242 g/mol. The van der Waals surface area contributed by atoms with Crippen LogP contribution >= 0.6 is 15.5 Å². The molecular formula is C14H12P2. The van der Waals surface area contributed by atoms with Gasteiger partial charge < -0.3 is 0 Å². The molecule has 0 radical (unpaired) electrons. The standard InChI is InChI=1S/C14H12P2/c1-2-4-12(5-3-1)13-6-8-14(9-7-13)16-11-10-15-16/h1-10H,11H2. The van der Waals surface area contributed by atoms with E-state index in [4.69, 9.17) is 0 Å². The lowest BCUT2D eigenvalue weighted by Crippen LogP contribution is -2.03. The summed E-state index contributed by atoms with van der Waals surface area (Å²) in [5.41, 5.74) is 2.63. The molecule has 2 aromatic rings. The van der Waals surface area contributed by atoms with Gasteiger partial charge in [0.15, 0.2) is 0 Å². The van der Waals surface area contributed by atoms with Gasteiger partial charge in [0, 0.05) is 6.16 Å². The highest BCUT2D eigenvalue weighted by molar-refractivity contribution is 8.28. The Labute approximate surface area is 98.8 Å². The Bertz CT molecular complexity index is 500. The van der Waals surface area contributed by atoms with Crippen LogP contribution in [-0.4, -0.2) is 12.0 Å². The molecule has 1 heterocycles. The van der Waals surface area contributed by atoms with Gasteiger partial charge in [0.25, 0.3) is 0 Å². The molecule has 0 saturated carbocycles. The summed E-state index contributed by atoms with van der Waals surface area (Å²) < 4.78 is 0. The van der Waals surface area contributed by atoms with E-state index in [-0.39, 0.29) is 7.61 Å². The summed E-state index contributed by atoms with van der Waals surface area (Å²) in [6, 6.07) is 19.7. The topological polar surface area (TPSA) is 0 Å². The predicted octanol–water partition coefficient (Wildman–Crippen LogP) is 4.14. The lowest BCUT2D eigenvalue weighted by Gasteiger charge is -2.17. The molecule has 16 heavy (non-hydrogen) atoms. The van der Waals surface area contributed by atoms with Crippen LogP contribution in [0.2, 0.25) is 0 Å². The fourth-order valence-electron chi connectivity index (χ4n) is 1.79. The first-order valence-corrected chi connectivity index (χ1v) is 8.58. The molecule has 1 unspecified atom stereocenters. The normalized spacial score (nSPS) is 19.1. The van der Waals surface area contributed by atoms with E-state index in [0.717, 1.165) is 0 Å². The van der Waals surface area contributed by atoms with E-state index < -0.39 is 0 Å². The van der Waals surface area contributed by atoms with E-state index in [9.17, 15) is 0 Å². The maximum absolute atomic E-state index is 2.36. The Hall–Kier alpha value is -0.960. The summed E-state index contributed by atoms with van der Waals surface area (Å²) in [6.07, 6.45) is 1.31. The molecule has 0 aliphatic carbocycles. The number of rotatable bonds is 2. The lowest BCUT2D eigenvalue weighted by molar-refractivity contribution is 1.64. The molecule has 0 fully saturated rings. The van der Waals surface area contributed by atoms with Crippen molar-refractivity contribution in [2.75, 3.05) is 6.16 Å². The van der Waals surface area contributed by atoms with Crippen molar-refractivity contribution in [2.45, 2.75) is 0 Å². The van der Waals surface area contributed by atoms with E-state index in [1.54, 1.807) is 13.2 Å². The Morgan fingerprint density at radius 1 is 0.812 bits per heavy atom. The largest absolute Gasteiger partial charge is 0.0748 e. The smallest absolute Gasteiger partial charge is 0.00187 e. The summed E-state index contributed by atoms with van der Waals surface area (Å²) in [5, 5.41) is 1.54. The minimum atomic E-state index is 0.142. The van der Waals surface area contributed by atoms with Crippen LogP contribution in [0.1, 0.15) is 0 Å². The van der Waals surface area contributed by atoms with Gasteiger partial charge in [-0.05, 0) is 24.0 Å². The average Bonchev–Trinajstić information content (AvgIpc) is 2.29. The molecule has 1 aliphatic heterocycles. The van der Waals surface area contributed by atoms with Gasteiger partial charge >= 0.3 is 0 Å². The molecule has 0 N–H and O–H groups in total. The van der Waals surface area contributed by atoms with Crippen molar-refractivity contribution in [3.05, 3.63) is 54.6 Å². The van der Waals surface area contributed by atoms with Crippen molar-refractivity contribution in [2.24, 2.45) is 0 Å². The zero-order chi connectivity index (χ0) is 10.8. The molecule has 0 aromatic heterocycles.